The summed E-state index contributed by atoms with van der Waals surface area (Å²) in [6, 6.07) is 14.5. The lowest BCUT2D eigenvalue weighted by molar-refractivity contribution is 0.0853. The Morgan fingerprint density at radius 2 is 2.06 bits per heavy atom. The Balaban J connectivity index is 1.40. The van der Waals surface area contributed by atoms with E-state index < -0.39 is 0 Å². The molecule has 0 aliphatic carbocycles. The van der Waals surface area contributed by atoms with E-state index in [1.54, 1.807) is 18.2 Å². The number of rotatable bonds is 7. The van der Waals surface area contributed by atoms with Crippen LogP contribution in [0, 0.1) is 5.82 Å². The number of para-hydroxylation sites is 1. The Labute approximate surface area is 191 Å². The second kappa shape index (κ2) is 9.54. The molecule has 0 bridgehead atoms. The molecule has 2 aromatic carbocycles. The van der Waals surface area contributed by atoms with Crippen molar-refractivity contribution in [1.29, 1.82) is 0 Å². The molecular formula is C25H25FN4O3. The topological polar surface area (TPSA) is 76.6 Å². The number of halogens is 1. The third-order valence-corrected chi connectivity index (χ3v) is 5.95. The molecule has 0 spiro atoms. The largest absolute Gasteiger partial charge is 0.472 e. The highest BCUT2D eigenvalue weighted by Gasteiger charge is 2.25. The summed E-state index contributed by atoms with van der Waals surface area (Å²) >= 11 is 0. The van der Waals surface area contributed by atoms with E-state index in [1.165, 1.54) is 17.8 Å². The number of hydrogen-bond donors (Lipinski definition) is 1. The Hall–Kier alpha value is -3.52. The van der Waals surface area contributed by atoms with E-state index in [2.05, 4.69) is 21.4 Å². The van der Waals surface area contributed by atoms with E-state index in [-0.39, 0.29) is 35.9 Å². The third-order valence-electron chi connectivity index (χ3n) is 5.95. The molecule has 0 radical (unpaired) electrons. The maximum atomic E-state index is 14.1. The van der Waals surface area contributed by atoms with Crippen LogP contribution in [0.4, 0.5) is 16.0 Å². The minimum Gasteiger partial charge on any atom is -0.472 e. The van der Waals surface area contributed by atoms with Crippen LogP contribution in [0.2, 0.25) is 0 Å². The average molecular weight is 448 g/mol. The van der Waals surface area contributed by atoms with Gasteiger partial charge in [-0.2, -0.15) is 4.98 Å². The zero-order chi connectivity index (χ0) is 22.6. The highest BCUT2D eigenvalue weighted by Crippen LogP contribution is 2.33. The number of anilines is 2. The second-order valence-electron chi connectivity index (χ2n) is 8.14. The average Bonchev–Trinajstić information content (AvgIpc) is 3.52. The van der Waals surface area contributed by atoms with Crippen LogP contribution in [0.3, 0.4) is 0 Å². The summed E-state index contributed by atoms with van der Waals surface area (Å²) in [6.07, 6.45) is 4.28. The molecule has 1 amide bonds. The Morgan fingerprint density at radius 3 is 2.91 bits per heavy atom. The predicted molar refractivity (Wildman–Crippen MR) is 121 cm³/mol. The highest BCUT2D eigenvalue weighted by molar-refractivity contribution is 5.96. The Bertz CT molecular complexity index is 1150. The molecule has 8 heteroatoms. The molecule has 3 heterocycles. The number of benzene rings is 2. The number of ether oxygens (including phenoxy) is 2. The monoisotopic (exact) mass is 448 g/mol. The fourth-order valence-electron chi connectivity index (χ4n) is 4.17. The van der Waals surface area contributed by atoms with Gasteiger partial charge in [0.1, 0.15) is 18.0 Å². The quantitative estimate of drug-likeness (QED) is 0.593. The fourth-order valence-corrected chi connectivity index (χ4v) is 4.17. The number of carbonyl (C=O) groups is 1. The van der Waals surface area contributed by atoms with Crippen molar-refractivity contribution in [3.8, 4) is 5.88 Å². The van der Waals surface area contributed by atoms with Gasteiger partial charge in [-0.3, -0.25) is 4.79 Å². The van der Waals surface area contributed by atoms with Gasteiger partial charge in [0.25, 0.3) is 5.91 Å². The number of carbonyl (C=O) groups excluding carboxylic acids is 1. The van der Waals surface area contributed by atoms with Crippen LogP contribution in [0.5, 0.6) is 5.88 Å². The van der Waals surface area contributed by atoms with Gasteiger partial charge in [-0.25, -0.2) is 9.37 Å². The van der Waals surface area contributed by atoms with Crippen molar-refractivity contribution in [3.63, 3.8) is 0 Å². The molecule has 1 saturated heterocycles. The SMILES string of the molecule is O=C(NCC1CCCO1)c1cnc(N2CCc3ccccc32)nc1OCc1ccccc1F. The molecule has 1 atom stereocenters. The van der Waals surface area contributed by atoms with Gasteiger partial charge in [0.05, 0.1) is 6.10 Å². The number of fused-ring (bicyclic) bond motifs is 1. The van der Waals surface area contributed by atoms with Crippen molar-refractivity contribution in [1.82, 2.24) is 15.3 Å². The summed E-state index contributed by atoms with van der Waals surface area (Å²) in [5, 5.41) is 2.88. The molecule has 33 heavy (non-hydrogen) atoms. The number of nitrogens with zero attached hydrogens (tertiary/aromatic N) is 3. The normalized spacial score (nSPS) is 17.1. The lowest BCUT2D eigenvalue weighted by Gasteiger charge is -2.19. The smallest absolute Gasteiger partial charge is 0.258 e. The van der Waals surface area contributed by atoms with Crippen LogP contribution in [-0.2, 0) is 17.8 Å². The van der Waals surface area contributed by atoms with Gasteiger partial charge >= 0.3 is 0 Å². The van der Waals surface area contributed by atoms with E-state index in [4.69, 9.17) is 9.47 Å². The van der Waals surface area contributed by atoms with Crippen molar-refractivity contribution in [2.75, 3.05) is 24.6 Å². The molecule has 1 unspecified atom stereocenters. The van der Waals surface area contributed by atoms with Crippen LogP contribution < -0.4 is 15.0 Å². The van der Waals surface area contributed by atoms with Gasteiger partial charge in [-0.05, 0) is 37.0 Å². The molecule has 0 saturated carbocycles. The molecule has 170 valence electrons. The van der Waals surface area contributed by atoms with Crippen molar-refractivity contribution in [2.45, 2.75) is 32.0 Å². The van der Waals surface area contributed by atoms with Crippen LogP contribution in [-0.4, -0.2) is 41.7 Å². The maximum absolute atomic E-state index is 14.1. The lowest BCUT2D eigenvalue weighted by atomic mass is 10.2. The predicted octanol–water partition coefficient (Wildman–Crippen LogP) is 3.80. The number of nitrogens with one attached hydrogen (secondary N) is 1. The lowest BCUT2D eigenvalue weighted by Crippen LogP contribution is -2.32. The van der Waals surface area contributed by atoms with E-state index in [0.717, 1.165) is 31.5 Å². The van der Waals surface area contributed by atoms with E-state index in [1.807, 2.05) is 23.1 Å². The molecule has 2 aliphatic heterocycles. The van der Waals surface area contributed by atoms with Gasteiger partial charge in [0.2, 0.25) is 11.8 Å². The third kappa shape index (κ3) is 4.66. The minimum atomic E-state index is -0.371. The van der Waals surface area contributed by atoms with Crippen molar-refractivity contribution >= 4 is 17.5 Å². The van der Waals surface area contributed by atoms with Crippen LogP contribution in [0.25, 0.3) is 0 Å². The summed E-state index contributed by atoms with van der Waals surface area (Å²) in [5.41, 5.74) is 2.84. The summed E-state index contributed by atoms with van der Waals surface area (Å²) < 4.78 is 25.6. The zero-order valence-corrected chi connectivity index (χ0v) is 18.2. The van der Waals surface area contributed by atoms with E-state index in [9.17, 15) is 9.18 Å². The first kappa shape index (κ1) is 21.3. The molecule has 1 N–H and O–H groups in total. The van der Waals surface area contributed by atoms with Crippen LogP contribution >= 0.6 is 0 Å². The molecule has 3 aromatic rings. The highest BCUT2D eigenvalue weighted by atomic mass is 19.1. The van der Waals surface area contributed by atoms with Crippen molar-refractivity contribution < 1.29 is 18.7 Å². The Morgan fingerprint density at radius 1 is 1.21 bits per heavy atom. The second-order valence-corrected chi connectivity index (χ2v) is 8.14. The number of aromatic nitrogens is 2. The standard InChI is InChI=1S/C25H25FN4O3/c26-21-9-3-1-7-18(21)16-33-24-20(23(31)27-14-19-8-5-13-32-19)15-28-25(29-24)30-12-11-17-6-2-4-10-22(17)30/h1-4,6-7,9-10,15,19H,5,8,11-14,16H2,(H,27,31). The summed E-state index contributed by atoms with van der Waals surface area (Å²) in [7, 11) is 0. The van der Waals surface area contributed by atoms with Gasteiger partial charge in [0.15, 0.2) is 0 Å². The first-order chi connectivity index (χ1) is 16.2. The van der Waals surface area contributed by atoms with Crippen LogP contribution in [0.15, 0.2) is 54.7 Å². The molecule has 1 aromatic heterocycles. The van der Waals surface area contributed by atoms with E-state index >= 15 is 0 Å². The number of hydrogen-bond acceptors (Lipinski definition) is 6. The summed E-state index contributed by atoms with van der Waals surface area (Å²) in [6.45, 7) is 1.81. The summed E-state index contributed by atoms with van der Waals surface area (Å²) in [4.78, 5) is 24.0. The first-order valence-corrected chi connectivity index (χ1v) is 11.2. The minimum absolute atomic E-state index is 0.0121. The van der Waals surface area contributed by atoms with Gasteiger partial charge in [-0.15, -0.1) is 0 Å². The van der Waals surface area contributed by atoms with Crippen LogP contribution in [0.1, 0.15) is 34.3 Å². The Kier molecular flexibility index (Phi) is 6.17. The van der Waals surface area contributed by atoms with Gasteiger partial charge in [0, 0.05) is 37.1 Å². The van der Waals surface area contributed by atoms with Crippen molar-refractivity contribution in [3.05, 3.63) is 77.2 Å². The molecule has 7 nitrogen and oxygen atoms in total. The molecular weight excluding hydrogens is 423 g/mol. The first-order valence-electron chi connectivity index (χ1n) is 11.2. The molecule has 1 fully saturated rings. The molecule has 2 aliphatic rings. The van der Waals surface area contributed by atoms with Gasteiger partial charge < -0.3 is 19.7 Å². The maximum Gasteiger partial charge on any atom is 0.258 e. The number of amides is 1. The van der Waals surface area contributed by atoms with Gasteiger partial charge in [-0.1, -0.05) is 36.4 Å². The zero-order valence-electron chi connectivity index (χ0n) is 18.2. The summed E-state index contributed by atoms with van der Waals surface area (Å²) in [5.74, 6) is -0.149. The van der Waals surface area contributed by atoms with E-state index in [0.29, 0.717) is 24.7 Å². The fraction of sp³-hybridized carbons (Fsp3) is 0.320. The van der Waals surface area contributed by atoms with Crippen molar-refractivity contribution in [2.24, 2.45) is 0 Å². The molecule has 5 rings (SSSR count).